The fraction of sp³-hybridized carbons (Fsp3) is 0.167. The number of rotatable bonds is 5. The lowest BCUT2D eigenvalue weighted by Crippen LogP contribution is -2.32. The van der Waals surface area contributed by atoms with Gasteiger partial charge in [-0.05, 0) is 24.6 Å². The van der Waals surface area contributed by atoms with Crippen LogP contribution in [0.25, 0.3) is 0 Å². The fourth-order valence-corrected chi connectivity index (χ4v) is 1.97. The number of hydrogen-bond acceptors (Lipinski definition) is 5. The summed E-state index contributed by atoms with van der Waals surface area (Å²) in [6, 6.07) is 12.3. The topological polar surface area (TPSA) is 89.0 Å². The number of carbonyl (C=O) groups is 2. The quantitative estimate of drug-likeness (QED) is 0.495. The molecule has 2 amide bonds. The van der Waals surface area contributed by atoms with Crippen molar-refractivity contribution in [3.05, 3.63) is 53.6 Å². The molecule has 0 atom stereocenters. The van der Waals surface area contributed by atoms with Gasteiger partial charge in [0.1, 0.15) is 0 Å². The maximum absolute atomic E-state index is 11.9. The number of ether oxygens (including phenoxy) is 2. The van der Waals surface area contributed by atoms with Gasteiger partial charge >= 0.3 is 11.8 Å². The van der Waals surface area contributed by atoms with Crippen LogP contribution in [0, 0.1) is 6.92 Å². The first-order valence-electron chi connectivity index (χ1n) is 7.46. The van der Waals surface area contributed by atoms with Crippen LogP contribution in [0.3, 0.4) is 0 Å². The second-order valence-electron chi connectivity index (χ2n) is 5.13. The monoisotopic (exact) mass is 341 g/mol. The second-order valence-corrected chi connectivity index (χ2v) is 5.13. The Balaban J connectivity index is 1.94. The number of hydrazone groups is 1. The Bertz CT molecular complexity index is 785. The molecule has 0 spiro atoms. The first-order valence-corrected chi connectivity index (χ1v) is 7.46. The summed E-state index contributed by atoms with van der Waals surface area (Å²) in [7, 11) is 2.99. The molecule has 0 heterocycles. The molecule has 0 bridgehead atoms. The molecule has 130 valence electrons. The van der Waals surface area contributed by atoms with Crippen LogP contribution in [0.4, 0.5) is 5.69 Å². The molecule has 7 nitrogen and oxygen atoms in total. The van der Waals surface area contributed by atoms with Crippen molar-refractivity contribution in [1.29, 1.82) is 0 Å². The largest absolute Gasteiger partial charge is 0.493 e. The van der Waals surface area contributed by atoms with Crippen LogP contribution < -0.4 is 20.2 Å². The SMILES string of the molecule is COc1ccc(NC(=O)C(=O)N/N=C/c2ccc(C)cc2)cc1OC. The molecule has 0 aliphatic heterocycles. The van der Waals surface area contributed by atoms with Gasteiger partial charge in [-0.3, -0.25) is 9.59 Å². The van der Waals surface area contributed by atoms with E-state index < -0.39 is 11.8 Å². The summed E-state index contributed by atoms with van der Waals surface area (Å²) < 4.78 is 10.3. The number of methoxy groups -OCH3 is 2. The molecule has 0 aromatic heterocycles. The number of hydrogen-bond donors (Lipinski definition) is 2. The molecule has 7 heteroatoms. The summed E-state index contributed by atoms with van der Waals surface area (Å²) in [5.74, 6) is -0.753. The molecule has 0 unspecified atom stereocenters. The van der Waals surface area contributed by atoms with Gasteiger partial charge in [0.05, 0.1) is 20.4 Å². The maximum atomic E-state index is 11.9. The van der Waals surface area contributed by atoms with E-state index >= 15 is 0 Å². The lowest BCUT2D eigenvalue weighted by Gasteiger charge is -2.10. The Morgan fingerprint density at radius 2 is 1.64 bits per heavy atom. The number of carbonyl (C=O) groups excluding carboxylic acids is 2. The highest BCUT2D eigenvalue weighted by molar-refractivity contribution is 6.39. The molecule has 0 fully saturated rings. The number of benzene rings is 2. The smallest absolute Gasteiger partial charge is 0.329 e. The van der Waals surface area contributed by atoms with Crippen molar-refractivity contribution in [2.45, 2.75) is 6.92 Å². The van der Waals surface area contributed by atoms with Gasteiger partial charge in [0.25, 0.3) is 0 Å². The van der Waals surface area contributed by atoms with Gasteiger partial charge < -0.3 is 14.8 Å². The number of anilines is 1. The minimum atomic E-state index is -0.877. The van der Waals surface area contributed by atoms with E-state index in [-0.39, 0.29) is 0 Å². The Labute approximate surface area is 145 Å². The Kier molecular flexibility index (Phi) is 6.11. The summed E-state index contributed by atoms with van der Waals surface area (Å²) in [4.78, 5) is 23.7. The van der Waals surface area contributed by atoms with Gasteiger partial charge in [-0.15, -0.1) is 0 Å². The molecular formula is C18H19N3O4. The van der Waals surface area contributed by atoms with E-state index in [9.17, 15) is 9.59 Å². The average molecular weight is 341 g/mol. The van der Waals surface area contributed by atoms with Crippen molar-refractivity contribution in [2.75, 3.05) is 19.5 Å². The first kappa shape index (κ1) is 18.0. The van der Waals surface area contributed by atoms with Crippen LogP contribution in [0.5, 0.6) is 11.5 Å². The van der Waals surface area contributed by atoms with E-state index in [1.54, 1.807) is 18.2 Å². The van der Waals surface area contributed by atoms with Crippen molar-refractivity contribution in [3.63, 3.8) is 0 Å². The predicted octanol–water partition coefficient (Wildman–Crippen LogP) is 2.10. The lowest BCUT2D eigenvalue weighted by molar-refractivity contribution is -0.136. The first-order chi connectivity index (χ1) is 12.0. The van der Waals surface area contributed by atoms with Crippen LogP contribution in [0.2, 0.25) is 0 Å². The van der Waals surface area contributed by atoms with Crippen LogP contribution in [0.15, 0.2) is 47.6 Å². The van der Waals surface area contributed by atoms with Crippen molar-refractivity contribution in [2.24, 2.45) is 5.10 Å². The number of amides is 2. The van der Waals surface area contributed by atoms with E-state index in [4.69, 9.17) is 9.47 Å². The Morgan fingerprint density at radius 1 is 0.960 bits per heavy atom. The highest BCUT2D eigenvalue weighted by Gasteiger charge is 2.14. The molecule has 2 N–H and O–H groups in total. The van der Waals surface area contributed by atoms with Gasteiger partial charge in [-0.1, -0.05) is 29.8 Å². The van der Waals surface area contributed by atoms with E-state index in [1.165, 1.54) is 20.4 Å². The van der Waals surface area contributed by atoms with Gasteiger partial charge in [0.15, 0.2) is 11.5 Å². The van der Waals surface area contributed by atoms with Crippen molar-refractivity contribution in [3.8, 4) is 11.5 Å². The van der Waals surface area contributed by atoms with Gasteiger partial charge in [-0.25, -0.2) is 5.43 Å². The van der Waals surface area contributed by atoms with Crippen LogP contribution in [-0.4, -0.2) is 32.2 Å². The highest BCUT2D eigenvalue weighted by Crippen LogP contribution is 2.29. The van der Waals surface area contributed by atoms with E-state index in [0.717, 1.165) is 11.1 Å². The molecular weight excluding hydrogens is 322 g/mol. The predicted molar refractivity (Wildman–Crippen MR) is 95.1 cm³/mol. The zero-order valence-electron chi connectivity index (χ0n) is 14.2. The van der Waals surface area contributed by atoms with E-state index in [1.807, 2.05) is 31.2 Å². The third-order valence-electron chi connectivity index (χ3n) is 3.30. The average Bonchev–Trinajstić information content (AvgIpc) is 2.63. The molecule has 2 aromatic rings. The standard InChI is InChI=1S/C18H19N3O4/c1-12-4-6-13(7-5-12)11-19-21-18(23)17(22)20-14-8-9-15(24-2)16(10-14)25-3/h4-11H,1-3H3,(H,20,22)(H,21,23)/b19-11+. The second kappa shape index (κ2) is 8.49. The zero-order chi connectivity index (χ0) is 18.2. The van der Waals surface area contributed by atoms with Crippen LogP contribution >= 0.6 is 0 Å². The van der Waals surface area contributed by atoms with Crippen molar-refractivity contribution < 1.29 is 19.1 Å². The molecule has 2 aromatic carbocycles. The highest BCUT2D eigenvalue weighted by atomic mass is 16.5. The fourth-order valence-electron chi connectivity index (χ4n) is 1.97. The zero-order valence-corrected chi connectivity index (χ0v) is 14.2. The summed E-state index contributed by atoms with van der Waals surface area (Å²) in [6.45, 7) is 1.97. The van der Waals surface area contributed by atoms with Crippen molar-refractivity contribution >= 4 is 23.7 Å². The maximum Gasteiger partial charge on any atom is 0.329 e. The van der Waals surface area contributed by atoms with Gasteiger partial charge in [0.2, 0.25) is 0 Å². The van der Waals surface area contributed by atoms with Gasteiger partial charge in [-0.2, -0.15) is 5.10 Å². The van der Waals surface area contributed by atoms with Crippen LogP contribution in [-0.2, 0) is 9.59 Å². The Hall–Kier alpha value is -3.35. The number of aryl methyl sites for hydroxylation is 1. The third kappa shape index (κ3) is 5.07. The molecule has 2 rings (SSSR count). The summed E-state index contributed by atoms with van der Waals surface area (Å²) in [6.07, 6.45) is 1.46. The third-order valence-corrected chi connectivity index (χ3v) is 3.30. The number of nitrogens with zero attached hydrogens (tertiary/aromatic N) is 1. The minimum Gasteiger partial charge on any atom is -0.493 e. The normalized spacial score (nSPS) is 10.4. The summed E-state index contributed by atoms with van der Waals surface area (Å²) >= 11 is 0. The van der Waals surface area contributed by atoms with Crippen molar-refractivity contribution in [1.82, 2.24) is 5.43 Å². The lowest BCUT2D eigenvalue weighted by atomic mass is 10.2. The van der Waals surface area contributed by atoms with E-state index in [2.05, 4.69) is 15.8 Å². The summed E-state index contributed by atoms with van der Waals surface area (Å²) in [5, 5.41) is 6.23. The molecule has 0 saturated carbocycles. The minimum absolute atomic E-state index is 0.403. The summed E-state index contributed by atoms with van der Waals surface area (Å²) in [5.41, 5.74) is 4.51. The van der Waals surface area contributed by atoms with Gasteiger partial charge in [0, 0.05) is 11.8 Å². The molecule has 0 aliphatic carbocycles. The molecule has 0 aliphatic rings. The van der Waals surface area contributed by atoms with Crippen LogP contribution in [0.1, 0.15) is 11.1 Å². The van der Waals surface area contributed by atoms with E-state index in [0.29, 0.717) is 17.2 Å². The molecule has 0 saturated heterocycles. The Morgan fingerprint density at radius 3 is 2.28 bits per heavy atom. The number of nitrogens with one attached hydrogen (secondary N) is 2. The molecule has 0 radical (unpaired) electrons. The molecule has 25 heavy (non-hydrogen) atoms.